The average Bonchev–Trinajstić information content (AvgIpc) is 2.38. The summed E-state index contributed by atoms with van der Waals surface area (Å²) in [6.07, 6.45) is 2.47. The second kappa shape index (κ2) is 3.98. The number of benzene rings is 1. The number of rotatable bonds is 1. The fourth-order valence-electron chi connectivity index (χ4n) is 2.81. The Bertz CT molecular complexity index is 392. The van der Waals surface area contributed by atoms with Crippen LogP contribution in [0.2, 0.25) is 0 Å². The normalized spacial score (nSPS) is 23.6. The van der Waals surface area contributed by atoms with Crippen LogP contribution in [-0.2, 0) is 6.42 Å². The summed E-state index contributed by atoms with van der Waals surface area (Å²) in [5.74, 6) is 0.970. The molecule has 1 N–H and O–H groups in total. The van der Waals surface area contributed by atoms with Crippen LogP contribution in [0, 0.1) is 0 Å². The van der Waals surface area contributed by atoms with Gasteiger partial charge in [0.25, 0.3) is 0 Å². The Hall–Kier alpha value is -1.22. The van der Waals surface area contributed by atoms with Gasteiger partial charge in [-0.05, 0) is 24.5 Å². The third-order valence-electron chi connectivity index (χ3n) is 3.70. The second-order valence-electron chi connectivity index (χ2n) is 4.58. The molecule has 0 bridgehead atoms. The topological polar surface area (TPSA) is 24.5 Å². The van der Waals surface area contributed by atoms with Gasteiger partial charge in [-0.15, -0.1) is 0 Å². The summed E-state index contributed by atoms with van der Waals surface area (Å²) in [5, 5.41) is 3.47. The predicted molar refractivity (Wildman–Crippen MR) is 65.3 cm³/mol. The third-order valence-corrected chi connectivity index (χ3v) is 3.70. The first-order valence-corrected chi connectivity index (χ1v) is 6.03. The molecule has 1 aromatic rings. The van der Waals surface area contributed by atoms with Crippen molar-refractivity contribution in [3.05, 3.63) is 23.8 Å². The van der Waals surface area contributed by atoms with Crippen LogP contribution in [0.3, 0.4) is 0 Å². The van der Waals surface area contributed by atoms with Crippen molar-refractivity contribution in [2.45, 2.75) is 18.9 Å². The Balaban J connectivity index is 1.98. The predicted octanol–water partition coefficient (Wildman–Crippen LogP) is 1.42. The number of fused-ring (bicyclic) bond motifs is 3. The molecule has 2 aliphatic heterocycles. The van der Waals surface area contributed by atoms with E-state index in [1.807, 2.05) is 0 Å². The number of nitrogens with one attached hydrogen (secondary N) is 1. The molecule has 2 aliphatic rings. The smallest absolute Gasteiger partial charge is 0.120 e. The highest BCUT2D eigenvalue weighted by Crippen LogP contribution is 2.34. The van der Waals surface area contributed by atoms with Gasteiger partial charge in [-0.25, -0.2) is 0 Å². The van der Waals surface area contributed by atoms with Gasteiger partial charge < -0.3 is 15.0 Å². The molecule has 1 fully saturated rings. The van der Waals surface area contributed by atoms with Crippen molar-refractivity contribution >= 4 is 5.69 Å². The summed E-state index contributed by atoms with van der Waals surface area (Å²) in [6.45, 7) is 3.33. The number of nitrogens with zero attached hydrogens (tertiary/aromatic N) is 1. The molecule has 0 aromatic heterocycles. The first kappa shape index (κ1) is 9.97. The van der Waals surface area contributed by atoms with Gasteiger partial charge in [0.05, 0.1) is 7.11 Å². The molecule has 1 saturated heterocycles. The largest absolute Gasteiger partial charge is 0.497 e. The standard InChI is InChI=1S/C13H18N2O/c1-16-12-5-3-10-2-4-11-9-14-6-7-15(11)13(10)8-12/h3,5,8,11,14H,2,4,6-7,9H2,1H3. The molecular weight excluding hydrogens is 200 g/mol. The monoisotopic (exact) mass is 218 g/mol. The molecule has 3 nitrogen and oxygen atoms in total. The molecule has 16 heavy (non-hydrogen) atoms. The van der Waals surface area contributed by atoms with Crippen LogP contribution in [0.5, 0.6) is 5.75 Å². The average molecular weight is 218 g/mol. The Morgan fingerprint density at radius 2 is 2.38 bits per heavy atom. The van der Waals surface area contributed by atoms with E-state index in [0.29, 0.717) is 6.04 Å². The Kier molecular flexibility index (Phi) is 2.48. The van der Waals surface area contributed by atoms with Gasteiger partial charge in [0.2, 0.25) is 0 Å². The van der Waals surface area contributed by atoms with Crippen LogP contribution in [0.4, 0.5) is 5.69 Å². The van der Waals surface area contributed by atoms with Crippen LogP contribution in [-0.4, -0.2) is 32.8 Å². The molecule has 86 valence electrons. The third kappa shape index (κ3) is 1.55. The summed E-state index contributed by atoms with van der Waals surface area (Å²) >= 11 is 0. The minimum absolute atomic E-state index is 0.674. The van der Waals surface area contributed by atoms with Crippen LogP contribution in [0.25, 0.3) is 0 Å². The zero-order valence-electron chi connectivity index (χ0n) is 9.70. The molecular formula is C13H18N2O. The lowest BCUT2D eigenvalue weighted by molar-refractivity contribution is 0.410. The molecule has 1 unspecified atom stereocenters. The van der Waals surface area contributed by atoms with Gasteiger partial charge in [-0.2, -0.15) is 0 Å². The molecule has 2 heterocycles. The van der Waals surface area contributed by atoms with Crippen LogP contribution >= 0.6 is 0 Å². The summed E-state index contributed by atoms with van der Waals surface area (Å²) in [7, 11) is 1.74. The summed E-state index contributed by atoms with van der Waals surface area (Å²) < 4.78 is 5.32. The second-order valence-corrected chi connectivity index (χ2v) is 4.58. The lowest BCUT2D eigenvalue weighted by Gasteiger charge is -2.42. The van der Waals surface area contributed by atoms with E-state index in [9.17, 15) is 0 Å². The van der Waals surface area contributed by atoms with Gasteiger partial charge in [0, 0.05) is 37.4 Å². The molecule has 0 amide bonds. The SMILES string of the molecule is COc1ccc2c(c1)N1CCNCC1CC2. The molecule has 0 radical (unpaired) electrons. The van der Waals surface area contributed by atoms with Gasteiger partial charge in [0.1, 0.15) is 5.75 Å². The van der Waals surface area contributed by atoms with E-state index in [0.717, 1.165) is 25.4 Å². The Morgan fingerprint density at radius 1 is 1.44 bits per heavy atom. The molecule has 3 heteroatoms. The van der Waals surface area contributed by atoms with Crippen molar-refractivity contribution in [1.29, 1.82) is 0 Å². The molecule has 0 spiro atoms. The maximum atomic E-state index is 5.32. The van der Waals surface area contributed by atoms with Crippen molar-refractivity contribution in [2.75, 3.05) is 31.6 Å². The zero-order chi connectivity index (χ0) is 11.0. The quantitative estimate of drug-likeness (QED) is 0.771. The van der Waals surface area contributed by atoms with Gasteiger partial charge in [-0.3, -0.25) is 0 Å². The van der Waals surface area contributed by atoms with Gasteiger partial charge in [0.15, 0.2) is 0 Å². The number of aryl methyl sites for hydroxylation is 1. The number of hydrogen-bond donors (Lipinski definition) is 1. The van der Waals surface area contributed by atoms with Gasteiger partial charge >= 0.3 is 0 Å². The van der Waals surface area contributed by atoms with Crippen LogP contribution < -0.4 is 15.0 Å². The van der Waals surface area contributed by atoms with E-state index in [4.69, 9.17) is 4.74 Å². The zero-order valence-corrected chi connectivity index (χ0v) is 9.70. The Morgan fingerprint density at radius 3 is 3.25 bits per heavy atom. The summed E-state index contributed by atoms with van der Waals surface area (Å²) in [4.78, 5) is 2.54. The van der Waals surface area contributed by atoms with E-state index >= 15 is 0 Å². The minimum atomic E-state index is 0.674. The van der Waals surface area contributed by atoms with E-state index < -0.39 is 0 Å². The first-order valence-electron chi connectivity index (χ1n) is 6.03. The number of anilines is 1. The highest BCUT2D eigenvalue weighted by molar-refractivity contribution is 5.60. The van der Waals surface area contributed by atoms with E-state index in [2.05, 4.69) is 28.4 Å². The summed E-state index contributed by atoms with van der Waals surface area (Å²) in [5.41, 5.74) is 2.86. The van der Waals surface area contributed by atoms with Crippen LogP contribution in [0.15, 0.2) is 18.2 Å². The molecule has 0 aliphatic carbocycles. The molecule has 1 aromatic carbocycles. The number of piperazine rings is 1. The van der Waals surface area contributed by atoms with E-state index in [1.165, 1.54) is 24.1 Å². The number of methoxy groups -OCH3 is 1. The maximum Gasteiger partial charge on any atom is 0.120 e. The van der Waals surface area contributed by atoms with Gasteiger partial charge in [-0.1, -0.05) is 6.07 Å². The van der Waals surface area contributed by atoms with E-state index in [-0.39, 0.29) is 0 Å². The molecule has 3 rings (SSSR count). The fraction of sp³-hybridized carbons (Fsp3) is 0.538. The number of ether oxygens (including phenoxy) is 1. The van der Waals surface area contributed by atoms with E-state index in [1.54, 1.807) is 7.11 Å². The van der Waals surface area contributed by atoms with Crippen molar-refractivity contribution in [2.24, 2.45) is 0 Å². The van der Waals surface area contributed by atoms with Crippen molar-refractivity contribution < 1.29 is 4.74 Å². The highest BCUT2D eigenvalue weighted by atomic mass is 16.5. The minimum Gasteiger partial charge on any atom is -0.497 e. The highest BCUT2D eigenvalue weighted by Gasteiger charge is 2.28. The van der Waals surface area contributed by atoms with Crippen molar-refractivity contribution in [1.82, 2.24) is 5.32 Å². The van der Waals surface area contributed by atoms with Crippen molar-refractivity contribution in [3.8, 4) is 5.75 Å². The fourth-order valence-corrected chi connectivity index (χ4v) is 2.81. The van der Waals surface area contributed by atoms with Crippen molar-refractivity contribution in [3.63, 3.8) is 0 Å². The molecule has 0 saturated carbocycles. The summed E-state index contributed by atoms with van der Waals surface area (Å²) in [6, 6.07) is 7.15. The Labute approximate surface area is 96.4 Å². The lowest BCUT2D eigenvalue weighted by Crippen LogP contribution is -2.53. The molecule has 1 atom stereocenters. The lowest BCUT2D eigenvalue weighted by atomic mass is 9.94. The maximum absolute atomic E-state index is 5.32. The number of hydrogen-bond acceptors (Lipinski definition) is 3. The van der Waals surface area contributed by atoms with Crippen LogP contribution in [0.1, 0.15) is 12.0 Å². The first-order chi connectivity index (χ1) is 7.88.